The second-order valence-electron chi connectivity index (χ2n) is 3.60. The van der Waals surface area contributed by atoms with Gasteiger partial charge < -0.3 is 5.73 Å². The van der Waals surface area contributed by atoms with E-state index in [1.165, 1.54) is 10.9 Å². The molecule has 0 aliphatic rings. The van der Waals surface area contributed by atoms with Gasteiger partial charge in [-0.05, 0) is 36.2 Å². The van der Waals surface area contributed by atoms with E-state index >= 15 is 0 Å². The second-order valence-corrected chi connectivity index (χ2v) is 4.04. The van der Waals surface area contributed by atoms with E-state index in [2.05, 4.69) is 40.7 Å². The van der Waals surface area contributed by atoms with Crippen LogP contribution in [0.2, 0.25) is 0 Å². The molecule has 0 radical (unpaired) electrons. The van der Waals surface area contributed by atoms with Crippen LogP contribution in [0.4, 0.5) is 0 Å². The van der Waals surface area contributed by atoms with Crippen LogP contribution < -0.4 is 11.2 Å². The van der Waals surface area contributed by atoms with E-state index in [-0.39, 0.29) is 5.11 Å². The lowest BCUT2D eigenvalue weighted by atomic mass is 10.1. The molecule has 0 spiro atoms. The van der Waals surface area contributed by atoms with E-state index in [0.717, 1.165) is 11.1 Å². The predicted octanol–water partition coefficient (Wildman–Crippen LogP) is 1.71. The Morgan fingerprint density at radius 2 is 2.24 bits per heavy atom. The fourth-order valence-corrected chi connectivity index (χ4v) is 1.70. The van der Waals surface area contributed by atoms with Crippen molar-refractivity contribution >= 4 is 34.3 Å². The summed E-state index contributed by atoms with van der Waals surface area (Å²) in [7, 11) is 0. The van der Waals surface area contributed by atoms with E-state index in [4.69, 9.17) is 5.73 Å². The number of rotatable bonds is 2. The van der Waals surface area contributed by atoms with E-state index < -0.39 is 0 Å². The zero-order valence-electron chi connectivity index (χ0n) is 9.34. The number of pyridine rings is 1. The average Bonchev–Trinajstić information content (AvgIpc) is 2.30. The van der Waals surface area contributed by atoms with Gasteiger partial charge in [-0.15, -0.1) is 0 Å². The minimum absolute atomic E-state index is 0.137. The van der Waals surface area contributed by atoms with Crippen molar-refractivity contribution in [2.24, 2.45) is 10.8 Å². The Morgan fingerprint density at radius 3 is 3.00 bits per heavy atom. The van der Waals surface area contributed by atoms with Crippen LogP contribution in [0.15, 0.2) is 35.6 Å². The van der Waals surface area contributed by atoms with Gasteiger partial charge in [0.25, 0.3) is 0 Å². The van der Waals surface area contributed by atoms with Gasteiger partial charge in [0, 0.05) is 11.6 Å². The first kappa shape index (κ1) is 11.5. The minimum atomic E-state index is 0.137. The number of nitrogens with zero attached hydrogens (tertiary/aromatic N) is 2. The maximum atomic E-state index is 5.28. The SMILES string of the molecule is Cc1cccc2c(/C=N/NC(N)=S)nccc12. The largest absolute Gasteiger partial charge is 0.375 e. The first-order chi connectivity index (χ1) is 8.18. The van der Waals surface area contributed by atoms with Gasteiger partial charge in [0.05, 0.1) is 11.9 Å². The number of fused-ring (bicyclic) bond motifs is 1. The quantitative estimate of drug-likeness (QED) is 0.479. The average molecular weight is 244 g/mol. The molecule has 1 aromatic carbocycles. The highest BCUT2D eigenvalue weighted by atomic mass is 32.1. The summed E-state index contributed by atoms with van der Waals surface area (Å²) in [6.45, 7) is 2.07. The number of hydrogen-bond donors (Lipinski definition) is 2. The normalized spacial score (nSPS) is 10.9. The van der Waals surface area contributed by atoms with Gasteiger partial charge in [0.1, 0.15) is 0 Å². The van der Waals surface area contributed by atoms with Crippen molar-refractivity contribution in [3.05, 3.63) is 41.7 Å². The lowest BCUT2D eigenvalue weighted by Gasteiger charge is -2.03. The van der Waals surface area contributed by atoms with Crippen molar-refractivity contribution in [2.75, 3.05) is 0 Å². The van der Waals surface area contributed by atoms with Crippen molar-refractivity contribution in [1.82, 2.24) is 10.4 Å². The number of hydrogen-bond acceptors (Lipinski definition) is 3. The fourth-order valence-electron chi connectivity index (χ4n) is 1.65. The van der Waals surface area contributed by atoms with E-state index in [1.54, 1.807) is 12.4 Å². The molecule has 1 aromatic heterocycles. The Kier molecular flexibility index (Phi) is 3.30. The summed E-state index contributed by atoms with van der Waals surface area (Å²) in [4.78, 5) is 4.27. The van der Waals surface area contributed by atoms with Crippen molar-refractivity contribution in [2.45, 2.75) is 6.92 Å². The minimum Gasteiger partial charge on any atom is -0.375 e. The maximum Gasteiger partial charge on any atom is 0.184 e. The van der Waals surface area contributed by atoms with Gasteiger partial charge in [0.2, 0.25) is 0 Å². The Balaban J connectivity index is 2.44. The Labute approximate surface area is 105 Å². The molecule has 0 aliphatic heterocycles. The molecule has 0 saturated carbocycles. The first-order valence-electron chi connectivity index (χ1n) is 5.11. The third-order valence-electron chi connectivity index (χ3n) is 2.42. The van der Waals surface area contributed by atoms with Gasteiger partial charge >= 0.3 is 0 Å². The van der Waals surface area contributed by atoms with E-state index in [1.807, 2.05) is 18.2 Å². The molecule has 0 atom stereocenters. The van der Waals surface area contributed by atoms with Crippen molar-refractivity contribution in [3.63, 3.8) is 0 Å². The fraction of sp³-hybridized carbons (Fsp3) is 0.0833. The molecule has 17 heavy (non-hydrogen) atoms. The summed E-state index contributed by atoms with van der Waals surface area (Å²) in [6, 6.07) is 8.06. The van der Waals surface area contributed by atoms with Crippen LogP contribution in [0.1, 0.15) is 11.3 Å². The lowest BCUT2D eigenvalue weighted by molar-refractivity contribution is 1.04. The molecule has 2 aromatic rings. The molecule has 0 saturated heterocycles. The van der Waals surface area contributed by atoms with E-state index in [0.29, 0.717) is 0 Å². The van der Waals surface area contributed by atoms with Crippen LogP contribution in [-0.4, -0.2) is 16.3 Å². The third kappa shape index (κ3) is 2.57. The summed E-state index contributed by atoms with van der Waals surface area (Å²) in [5, 5.41) is 6.28. The molecule has 5 heteroatoms. The Bertz CT molecular complexity index is 592. The summed E-state index contributed by atoms with van der Waals surface area (Å²) < 4.78 is 0. The summed E-state index contributed by atoms with van der Waals surface area (Å²) in [6.07, 6.45) is 3.37. The highest BCUT2D eigenvalue weighted by Crippen LogP contribution is 2.18. The Morgan fingerprint density at radius 1 is 1.41 bits per heavy atom. The zero-order chi connectivity index (χ0) is 12.3. The number of aryl methyl sites for hydroxylation is 1. The highest BCUT2D eigenvalue weighted by Gasteiger charge is 2.01. The summed E-state index contributed by atoms with van der Waals surface area (Å²) in [5.41, 5.74) is 9.79. The molecule has 0 bridgehead atoms. The maximum absolute atomic E-state index is 5.28. The second kappa shape index (κ2) is 4.88. The third-order valence-corrected chi connectivity index (χ3v) is 2.51. The predicted molar refractivity (Wildman–Crippen MR) is 74.0 cm³/mol. The highest BCUT2D eigenvalue weighted by molar-refractivity contribution is 7.80. The molecule has 3 N–H and O–H groups in total. The number of nitrogens with two attached hydrogens (primary N) is 1. The number of hydrazone groups is 1. The Hall–Kier alpha value is -2.01. The molecule has 0 amide bonds. The first-order valence-corrected chi connectivity index (χ1v) is 5.52. The molecule has 0 unspecified atom stereocenters. The molecule has 2 rings (SSSR count). The molecule has 4 nitrogen and oxygen atoms in total. The van der Waals surface area contributed by atoms with E-state index in [9.17, 15) is 0 Å². The standard InChI is InChI=1S/C12H12N4S/c1-8-3-2-4-10-9(8)5-6-14-11(10)7-15-16-12(13)17/h2-7H,1H3,(H3,13,16,17)/b15-7+. The van der Waals surface area contributed by atoms with Gasteiger partial charge in [-0.3, -0.25) is 10.4 Å². The molecular formula is C12H12N4S. The summed E-state index contributed by atoms with van der Waals surface area (Å²) in [5.74, 6) is 0. The summed E-state index contributed by atoms with van der Waals surface area (Å²) >= 11 is 4.66. The molecular weight excluding hydrogens is 232 g/mol. The number of benzene rings is 1. The monoisotopic (exact) mass is 244 g/mol. The molecule has 86 valence electrons. The van der Waals surface area contributed by atoms with Crippen LogP contribution >= 0.6 is 12.2 Å². The topological polar surface area (TPSA) is 63.3 Å². The van der Waals surface area contributed by atoms with Gasteiger partial charge in [-0.2, -0.15) is 5.10 Å². The van der Waals surface area contributed by atoms with Gasteiger partial charge in [-0.1, -0.05) is 18.2 Å². The lowest BCUT2D eigenvalue weighted by Crippen LogP contribution is -2.24. The van der Waals surface area contributed by atoms with Crippen LogP contribution in [0.25, 0.3) is 10.8 Å². The van der Waals surface area contributed by atoms with Crippen LogP contribution in [0, 0.1) is 6.92 Å². The molecule has 0 fully saturated rings. The number of thiocarbonyl (C=S) groups is 1. The molecule has 1 heterocycles. The van der Waals surface area contributed by atoms with Crippen molar-refractivity contribution in [1.29, 1.82) is 0 Å². The van der Waals surface area contributed by atoms with Crippen LogP contribution in [-0.2, 0) is 0 Å². The van der Waals surface area contributed by atoms with Gasteiger partial charge in [-0.25, -0.2) is 0 Å². The smallest absolute Gasteiger partial charge is 0.184 e. The molecule has 0 aliphatic carbocycles. The van der Waals surface area contributed by atoms with Crippen molar-refractivity contribution < 1.29 is 0 Å². The van der Waals surface area contributed by atoms with Crippen LogP contribution in [0.5, 0.6) is 0 Å². The van der Waals surface area contributed by atoms with Gasteiger partial charge in [0.15, 0.2) is 5.11 Å². The van der Waals surface area contributed by atoms with Crippen molar-refractivity contribution in [3.8, 4) is 0 Å². The number of nitrogens with one attached hydrogen (secondary N) is 1. The van der Waals surface area contributed by atoms with Crippen LogP contribution in [0.3, 0.4) is 0 Å². The number of aromatic nitrogens is 1. The zero-order valence-corrected chi connectivity index (χ0v) is 10.2.